The smallest absolute Gasteiger partial charge is 0.143 e. The number of benzene rings is 8. The molecule has 0 fully saturated rings. The van der Waals surface area contributed by atoms with Gasteiger partial charge in [-0.05, 0) is 78.4 Å². The monoisotopic (exact) mass is 682 g/mol. The fraction of sp³-hybridized carbons (Fsp3) is 0. The van der Waals surface area contributed by atoms with Gasteiger partial charge in [0.25, 0.3) is 0 Å². The highest BCUT2D eigenvalue weighted by molar-refractivity contribution is 7.26. The predicted octanol–water partition coefficient (Wildman–Crippen LogP) is 14.2. The average Bonchev–Trinajstić information content (AvgIpc) is 3.88. The molecule has 0 amide bonds. The minimum Gasteiger partial charge on any atom is -0.455 e. The summed E-state index contributed by atoms with van der Waals surface area (Å²) in [6.07, 6.45) is 0. The molecule has 0 aliphatic heterocycles. The van der Waals surface area contributed by atoms with Crippen molar-refractivity contribution in [3.63, 3.8) is 0 Å². The molecule has 0 saturated carbocycles. The second-order valence-electron chi connectivity index (χ2n) is 13.3. The van der Waals surface area contributed by atoms with Crippen LogP contribution in [-0.4, -0.2) is 4.57 Å². The topological polar surface area (TPSA) is 21.3 Å². The van der Waals surface area contributed by atoms with Crippen LogP contribution in [0.5, 0.6) is 0 Å². The number of hydrogen-bond donors (Lipinski definition) is 0. The van der Waals surface area contributed by atoms with Gasteiger partial charge in [0.05, 0.1) is 11.0 Å². The molecule has 11 aromatic rings. The molecule has 244 valence electrons. The van der Waals surface area contributed by atoms with Crippen molar-refractivity contribution in [2.24, 2.45) is 0 Å². The van der Waals surface area contributed by atoms with Crippen LogP contribution in [0.4, 0.5) is 17.1 Å². The molecular weight excluding hydrogens is 653 g/mol. The van der Waals surface area contributed by atoms with Gasteiger partial charge in [0, 0.05) is 70.0 Å². The molecule has 0 aliphatic rings. The molecule has 0 radical (unpaired) electrons. The van der Waals surface area contributed by atoms with Crippen LogP contribution >= 0.6 is 11.3 Å². The van der Waals surface area contributed by atoms with Crippen molar-refractivity contribution in [1.82, 2.24) is 4.57 Å². The van der Waals surface area contributed by atoms with E-state index in [1.165, 1.54) is 42.0 Å². The molecule has 52 heavy (non-hydrogen) atoms. The average molecular weight is 683 g/mol. The second-order valence-corrected chi connectivity index (χ2v) is 14.4. The van der Waals surface area contributed by atoms with Crippen LogP contribution in [0.2, 0.25) is 0 Å². The molecule has 0 aliphatic carbocycles. The summed E-state index contributed by atoms with van der Waals surface area (Å²) in [5, 5.41) is 7.42. The summed E-state index contributed by atoms with van der Waals surface area (Å²) in [6, 6.07) is 65.4. The Kier molecular flexibility index (Phi) is 6.42. The van der Waals surface area contributed by atoms with E-state index in [0.29, 0.717) is 0 Å². The minimum atomic E-state index is 0.894. The predicted molar refractivity (Wildman–Crippen MR) is 221 cm³/mol. The summed E-state index contributed by atoms with van der Waals surface area (Å²) in [6.45, 7) is 0. The molecule has 0 spiro atoms. The first-order chi connectivity index (χ1) is 25.8. The van der Waals surface area contributed by atoms with Gasteiger partial charge in [-0.3, -0.25) is 0 Å². The van der Waals surface area contributed by atoms with E-state index in [0.717, 1.165) is 55.8 Å². The number of anilines is 3. The van der Waals surface area contributed by atoms with Gasteiger partial charge in [0.15, 0.2) is 0 Å². The number of aromatic nitrogens is 1. The number of nitrogens with zero attached hydrogens (tertiary/aromatic N) is 2. The summed E-state index contributed by atoms with van der Waals surface area (Å²) in [5.74, 6) is 0. The van der Waals surface area contributed by atoms with Crippen molar-refractivity contribution in [1.29, 1.82) is 0 Å². The zero-order valence-electron chi connectivity index (χ0n) is 28.0. The standard InChI is InChI=1S/C48H30N2OS/c1-3-14-32(15-4-1)49(33-16-5-2-6-17-33)34-28-31(36-21-13-22-38-37-18-8-11-24-43(37)51-48(36)38)29-35(30-34)50-41-23-10-7-19-39(41)46-42(50)26-27-45-47(46)40-20-9-12-25-44(40)52-45/h1-30H. The van der Waals surface area contributed by atoms with E-state index in [1.807, 2.05) is 17.4 Å². The lowest BCUT2D eigenvalue weighted by Crippen LogP contribution is -2.10. The number of thiophene rings is 1. The Morgan fingerprint density at radius 2 is 1.12 bits per heavy atom. The molecule has 0 unspecified atom stereocenters. The van der Waals surface area contributed by atoms with E-state index in [9.17, 15) is 0 Å². The minimum absolute atomic E-state index is 0.894. The molecule has 0 atom stereocenters. The highest BCUT2D eigenvalue weighted by Crippen LogP contribution is 2.46. The first-order valence-electron chi connectivity index (χ1n) is 17.6. The fourth-order valence-electron chi connectivity index (χ4n) is 8.14. The molecule has 3 aromatic heterocycles. The van der Waals surface area contributed by atoms with E-state index in [2.05, 4.69) is 185 Å². The Morgan fingerprint density at radius 3 is 1.92 bits per heavy atom. The summed E-state index contributed by atoms with van der Waals surface area (Å²) in [5.41, 5.74) is 10.6. The number of rotatable bonds is 5. The van der Waals surface area contributed by atoms with Gasteiger partial charge >= 0.3 is 0 Å². The quantitative estimate of drug-likeness (QED) is 0.180. The lowest BCUT2D eigenvalue weighted by atomic mass is 10.00. The molecule has 0 N–H and O–H groups in total. The van der Waals surface area contributed by atoms with Gasteiger partial charge < -0.3 is 13.9 Å². The third kappa shape index (κ3) is 4.38. The Balaban J connectivity index is 1.26. The van der Waals surface area contributed by atoms with E-state index < -0.39 is 0 Å². The Hall–Kier alpha value is -6.62. The second kappa shape index (κ2) is 11.5. The van der Waals surface area contributed by atoms with Gasteiger partial charge in [-0.15, -0.1) is 11.3 Å². The first kappa shape index (κ1) is 29.1. The lowest BCUT2D eigenvalue weighted by molar-refractivity contribution is 0.670. The molecule has 8 aromatic carbocycles. The summed E-state index contributed by atoms with van der Waals surface area (Å²) < 4.78 is 11.7. The zero-order valence-corrected chi connectivity index (χ0v) is 28.8. The van der Waals surface area contributed by atoms with Crippen LogP contribution in [0, 0.1) is 0 Å². The van der Waals surface area contributed by atoms with Gasteiger partial charge in [0.2, 0.25) is 0 Å². The Labute approximate surface area is 303 Å². The third-order valence-electron chi connectivity index (χ3n) is 10.3. The summed E-state index contributed by atoms with van der Waals surface area (Å²) in [4.78, 5) is 2.35. The molecule has 0 bridgehead atoms. The van der Waals surface area contributed by atoms with Gasteiger partial charge in [-0.1, -0.05) is 109 Å². The van der Waals surface area contributed by atoms with Gasteiger partial charge in [-0.25, -0.2) is 0 Å². The van der Waals surface area contributed by atoms with Crippen LogP contribution in [0.1, 0.15) is 0 Å². The van der Waals surface area contributed by atoms with Gasteiger partial charge in [0.1, 0.15) is 11.2 Å². The van der Waals surface area contributed by atoms with Crippen LogP contribution in [-0.2, 0) is 0 Å². The lowest BCUT2D eigenvalue weighted by Gasteiger charge is -2.27. The maximum absolute atomic E-state index is 6.64. The number of fused-ring (bicyclic) bond motifs is 10. The summed E-state index contributed by atoms with van der Waals surface area (Å²) >= 11 is 1.87. The molecule has 0 saturated heterocycles. The zero-order chi connectivity index (χ0) is 34.2. The molecule has 3 heterocycles. The van der Waals surface area contributed by atoms with Crippen molar-refractivity contribution >= 4 is 92.3 Å². The normalized spacial score (nSPS) is 11.8. The highest BCUT2D eigenvalue weighted by Gasteiger charge is 2.21. The largest absolute Gasteiger partial charge is 0.455 e. The van der Waals surface area contributed by atoms with E-state index in [4.69, 9.17) is 4.42 Å². The molecular formula is C48H30N2OS. The van der Waals surface area contributed by atoms with E-state index >= 15 is 0 Å². The molecule has 3 nitrogen and oxygen atoms in total. The first-order valence-corrected chi connectivity index (χ1v) is 18.4. The van der Waals surface area contributed by atoms with Gasteiger partial charge in [-0.2, -0.15) is 0 Å². The van der Waals surface area contributed by atoms with Crippen LogP contribution in [0.15, 0.2) is 186 Å². The summed E-state index contributed by atoms with van der Waals surface area (Å²) in [7, 11) is 0. The van der Waals surface area contributed by atoms with Crippen molar-refractivity contribution in [3.8, 4) is 16.8 Å². The maximum Gasteiger partial charge on any atom is 0.143 e. The van der Waals surface area contributed by atoms with Crippen molar-refractivity contribution < 1.29 is 4.42 Å². The van der Waals surface area contributed by atoms with E-state index in [-0.39, 0.29) is 0 Å². The Bertz CT molecular complexity index is 3090. The number of furan rings is 1. The highest BCUT2D eigenvalue weighted by atomic mass is 32.1. The number of hydrogen-bond acceptors (Lipinski definition) is 3. The van der Waals surface area contributed by atoms with Crippen LogP contribution in [0.25, 0.3) is 80.7 Å². The third-order valence-corrected chi connectivity index (χ3v) is 11.5. The number of para-hydroxylation sites is 5. The van der Waals surface area contributed by atoms with Crippen LogP contribution in [0.3, 0.4) is 0 Å². The van der Waals surface area contributed by atoms with Crippen molar-refractivity contribution in [2.75, 3.05) is 4.90 Å². The SMILES string of the molecule is c1ccc(N(c2ccccc2)c2cc(-c3cccc4c3oc3ccccc34)cc(-n3c4ccccc4c4c5c(ccc43)sc3ccccc35)c2)cc1. The van der Waals surface area contributed by atoms with E-state index in [1.54, 1.807) is 0 Å². The maximum atomic E-state index is 6.64. The van der Waals surface area contributed by atoms with Crippen LogP contribution < -0.4 is 4.90 Å². The Morgan fingerprint density at radius 1 is 0.442 bits per heavy atom. The van der Waals surface area contributed by atoms with Crippen molar-refractivity contribution in [2.45, 2.75) is 0 Å². The van der Waals surface area contributed by atoms with Crippen molar-refractivity contribution in [3.05, 3.63) is 182 Å². The fourth-order valence-corrected chi connectivity index (χ4v) is 9.25. The molecule has 11 rings (SSSR count). The molecule has 4 heteroatoms.